The van der Waals surface area contributed by atoms with Crippen LogP contribution in [0.3, 0.4) is 0 Å². The summed E-state index contributed by atoms with van der Waals surface area (Å²) in [5.74, 6) is 2.42. The molecule has 1 heterocycles. The molecule has 0 saturated carbocycles. The van der Waals surface area contributed by atoms with Gasteiger partial charge in [0.25, 0.3) is 0 Å². The maximum atomic E-state index is 9.56. The molecule has 1 N–H and O–H groups in total. The Bertz CT molecular complexity index is 161. The molecule has 0 aromatic carbocycles. The fourth-order valence-electron chi connectivity index (χ4n) is 1.38. The summed E-state index contributed by atoms with van der Waals surface area (Å²) in [6.07, 6.45) is 5.86. The lowest BCUT2D eigenvalue weighted by Crippen LogP contribution is -2.29. The quantitative estimate of drug-likeness (QED) is 0.480. The van der Waals surface area contributed by atoms with Gasteiger partial charge in [-0.3, -0.25) is 4.90 Å². The summed E-state index contributed by atoms with van der Waals surface area (Å²) < 4.78 is 0. The molecule has 0 amide bonds. The number of likely N-dealkylation sites (N-methyl/N-ethyl adjacent to an activating group) is 1. The number of terminal acetylenes is 1. The van der Waals surface area contributed by atoms with E-state index in [9.17, 15) is 5.11 Å². The predicted octanol–water partition coefficient (Wildman–Crippen LogP) is 0.0747. The number of β-amino-alcohol motifs (C(OH)–C–C–N with tert-alkyl or cyclic N) is 1. The molecule has 0 bridgehead atoms. The molecular weight excluding hydrogens is 126 g/mol. The van der Waals surface area contributed by atoms with E-state index in [4.69, 9.17) is 6.42 Å². The lowest BCUT2D eigenvalue weighted by molar-refractivity contribution is 0.112. The number of likely N-dealkylation sites (tertiary alicyclic amines) is 1. The number of aliphatic hydroxyl groups is 1. The van der Waals surface area contributed by atoms with Crippen molar-refractivity contribution in [1.29, 1.82) is 0 Å². The molecule has 1 aliphatic heterocycles. The SMILES string of the molecule is C#C[C@]1(O)C[C@H](C)N(C)C1. The molecule has 1 fully saturated rings. The summed E-state index contributed by atoms with van der Waals surface area (Å²) in [5, 5.41) is 9.56. The molecule has 0 unspecified atom stereocenters. The molecular formula is C8H13NO. The lowest BCUT2D eigenvalue weighted by Gasteiger charge is -2.13. The van der Waals surface area contributed by atoms with Gasteiger partial charge in [0, 0.05) is 19.0 Å². The normalized spacial score (nSPS) is 41.6. The van der Waals surface area contributed by atoms with Crippen LogP contribution in [0.1, 0.15) is 13.3 Å². The second kappa shape index (κ2) is 2.26. The van der Waals surface area contributed by atoms with E-state index in [1.807, 2.05) is 7.05 Å². The number of nitrogens with zero attached hydrogens (tertiary/aromatic N) is 1. The average molecular weight is 139 g/mol. The lowest BCUT2D eigenvalue weighted by atomic mass is 10.0. The molecule has 0 aliphatic carbocycles. The highest BCUT2D eigenvalue weighted by molar-refractivity contribution is 5.13. The zero-order valence-corrected chi connectivity index (χ0v) is 6.46. The highest BCUT2D eigenvalue weighted by Gasteiger charge is 2.36. The molecule has 2 atom stereocenters. The first kappa shape index (κ1) is 7.59. The summed E-state index contributed by atoms with van der Waals surface area (Å²) >= 11 is 0. The van der Waals surface area contributed by atoms with Gasteiger partial charge < -0.3 is 5.11 Å². The van der Waals surface area contributed by atoms with Crippen LogP contribution in [0.2, 0.25) is 0 Å². The van der Waals surface area contributed by atoms with Gasteiger partial charge in [0.1, 0.15) is 5.60 Å². The second-order valence-corrected chi connectivity index (χ2v) is 3.14. The first-order chi connectivity index (χ1) is 4.57. The molecule has 1 rings (SSSR count). The summed E-state index contributed by atoms with van der Waals surface area (Å²) in [5.41, 5.74) is -0.867. The topological polar surface area (TPSA) is 23.5 Å². The molecule has 0 aromatic rings. The summed E-state index contributed by atoms with van der Waals surface area (Å²) in [4.78, 5) is 2.07. The molecule has 10 heavy (non-hydrogen) atoms. The maximum Gasteiger partial charge on any atom is 0.139 e. The van der Waals surface area contributed by atoms with Gasteiger partial charge in [0.05, 0.1) is 0 Å². The molecule has 0 aromatic heterocycles. The van der Waals surface area contributed by atoms with Crippen molar-refractivity contribution in [3.8, 4) is 12.3 Å². The van der Waals surface area contributed by atoms with Crippen LogP contribution in [-0.2, 0) is 0 Å². The van der Waals surface area contributed by atoms with E-state index in [-0.39, 0.29) is 0 Å². The van der Waals surface area contributed by atoms with Crippen molar-refractivity contribution in [2.75, 3.05) is 13.6 Å². The van der Waals surface area contributed by atoms with Crippen LogP contribution in [0.4, 0.5) is 0 Å². The minimum absolute atomic E-state index is 0.404. The minimum atomic E-state index is -0.867. The number of rotatable bonds is 0. The monoisotopic (exact) mass is 139 g/mol. The summed E-state index contributed by atoms with van der Waals surface area (Å²) in [6.45, 7) is 2.67. The van der Waals surface area contributed by atoms with Crippen LogP contribution in [-0.4, -0.2) is 35.2 Å². The Kier molecular flexibility index (Phi) is 1.72. The molecule has 2 heteroatoms. The van der Waals surface area contributed by atoms with Crippen molar-refractivity contribution < 1.29 is 5.11 Å². The Labute approximate surface area is 61.8 Å². The maximum absolute atomic E-state index is 9.56. The van der Waals surface area contributed by atoms with Crippen molar-refractivity contribution in [3.63, 3.8) is 0 Å². The molecule has 56 valence electrons. The highest BCUT2D eigenvalue weighted by Crippen LogP contribution is 2.24. The van der Waals surface area contributed by atoms with Crippen LogP contribution in [0.15, 0.2) is 0 Å². The zero-order chi connectivity index (χ0) is 7.78. The van der Waals surface area contributed by atoms with Crippen molar-refractivity contribution in [3.05, 3.63) is 0 Å². The van der Waals surface area contributed by atoms with Crippen LogP contribution >= 0.6 is 0 Å². The van der Waals surface area contributed by atoms with Crippen molar-refractivity contribution >= 4 is 0 Å². The van der Waals surface area contributed by atoms with E-state index in [1.165, 1.54) is 0 Å². The van der Waals surface area contributed by atoms with Gasteiger partial charge in [-0.1, -0.05) is 5.92 Å². The van der Waals surface area contributed by atoms with E-state index >= 15 is 0 Å². The number of hydrogen-bond donors (Lipinski definition) is 1. The van der Waals surface area contributed by atoms with Gasteiger partial charge in [-0.25, -0.2) is 0 Å². The van der Waals surface area contributed by atoms with Gasteiger partial charge >= 0.3 is 0 Å². The van der Waals surface area contributed by atoms with Crippen molar-refractivity contribution in [2.45, 2.75) is 25.0 Å². The van der Waals surface area contributed by atoms with E-state index in [0.29, 0.717) is 19.0 Å². The number of hydrogen-bond acceptors (Lipinski definition) is 2. The van der Waals surface area contributed by atoms with Gasteiger partial charge in [-0.15, -0.1) is 6.42 Å². The van der Waals surface area contributed by atoms with Crippen LogP contribution in [0.25, 0.3) is 0 Å². The Morgan fingerprint density at radius 2 is 2.40 bits per heavy atom. The summed E-state index contributed by atoms with van der Waals surface area (Å²) in [6, 6.07) is 0.404. The van der Waals surface area contributed by atoms with Gasteiger partial charge in [-0.05, 0) is 14.0 Å². The fourth-order valence-corrected chi connectivity index (χ4v) is 1.38. The summed E-state index contributed by atoms with van der Waals surface area (Å²) in [7, 11) is 1.97. The Balaban J connectivity index is 2.66. The third-order valence-corrected chi connectivity index (χ3v) is 2.17. The Hall–Kier alpha value is -0.520. The zero-order valence-electron chi connectivity index (χ0n) is 6.46. The highest BCUT2D eigenvalue weighted by atomic mass is 16.3. The van der Waals surface area contributed by atoms with Gasteiger partial charge in [0.2, 0.25) is 0 Å². The van der Waals surface area contributed by atoms with Crippen LogP contribution in [0.5, 0.6) is 0 Å². The fraction of sp³-hybridized carbons (Fsp3) is 0.750. The minimum Gasteiger partial charge on any atom is -0.376 e. The van der Waals surface area contributed by atoms with Crippen LogP contribution < -0.4 is 0 Å². The predicted molar refractivity (Wildman–Crippen MR) is 40.5 cm³/mol. The molecule has 0 radical (unpaired) electrons. The molecule has 2 nitrogen and oxygen atoms in total. The first-order valence-corrected chi connectivity index (χ1v) is 3.48. The van der Waals surface area contributed by atoms with Crippen LogP contribution in [0, 0.1) is 12.3 Å². The van der Waals surface area contributed by atoms with Crippen molar-refractivity contribution in [2.24, 2.45) is 0 Å². The van der Waals surface area contributed by atoms with Gasteiger partial charge in [-0.2, -0.15) is 0 Å². The molecule has 1 aliphatic rings. The first-order valence-electron chi connectivity index (χ1n) is 3.48. The van der Waals surface area contributed by atoms with E-state index < -0.39 is 5.60 Å². The smallest absolute Gasteiger partial charge is 0.139 e. The molecule has 1 saturated heterocycles. The average Bonchev–Trinajstić information content (AvgIpc) is 2.10. The largest absolute Gasteiger partial charge is 0.376 e. The Morgan fingerprint density at radius 3 is 2.60 bits per heavy atom. The standard InChI is InChI=1S/C8H13NO/c1-4-8(10)5-7(2)9(3)6-8/h1,7,10H,5-6H2,2-3H3/t7-,8-/m0/s1. The van der Waals surface area contributed by atoms with Crippen molar-refractivity contribution in [1.82, 2.24) is 4.90 Å². The molecule has 0 spiro atoms. The third-order valence-electron chi connectivity index (χ3n) is 2.17. The second-order valence-electron chi connectivity index (χ2n) is 3.14. The third kappa shape index (κ3) is 1.16. The van der Waals surface area contributed by atoms with Gasteiger partial charge in [0.15, 0.2) is 0 Å². The Morgan fingerprint density at radius 1 is 1.80 bits per heavy atom. The van der Waals surface area contributed by atoms with E-state index in [2.05, 4.69) is 17.7 Å². The van der Waals surface area contributed by atoms with E-state index in [0.717, 1.165) is 0 Å². The van der Waals surface area contributed by atoms with E-state index in [1.54, 1.807) is 0 Å².